The van der Waals surface area contributed by atoms with E-state index < -0.39 is 6.04 Å². The highest BCUT2D eigenvalue weighted by Gasteiger charge is 2.15. The topological polar surface area (TPSA) is 78.1 Å². The maximum atomic E-state index is 12.3. The van der Waals surface area contributed by atoms with Crippen LogP contribution in [0.25, 0.3) is 10.2 Å². The molecule has 1 atom stereocenters. The number of aryl methyl sites for hydroxylation is 2. The van der Waals surface area contributed by atoms with Gasteiger partial charge in [-0.05, 0) is 62.3 Å². The van der Waals surface area contributed by atoms with Crippen LogP contribution in [0.5, 0.6) is 0 Å². The first-order chi connectivity index (χ1) is 12.9. The van der Waals surface area contributed by atoms with Gasteiger partial charge in [0.25, 0.3) is 5.91 Å². The van der Waals surface area contributed by atoms with Crippen LogP contribution in [0.4, 0.5) is 10.8 Å². The molecule has 0 aliphatic heterocycles. The van der Waals surface area contributed by atoms with Gasteiger partial charge >= 0.3 is 0 Å². The molecule has 2 aromatic carbocycles. The lowest BCUT2D eigenvalue weighted by molar-refractivity contribution is -0.122. The van der Waals surface area contributed by atoms with Gasteiger partial charge in [0.05, 0.1) is 10.2 Å². The average Bonchev–Trinajstić information content (AvgIpc) is 3.05. The van der Waals surface area contributed by atoms with E-state index in [2.05, 4.69) is 26.5 Å². The summed E-state index contributed by atoms with van der Waals surface area (Å²) in [4.78, 5) is 16.8. The van der Waals surface area contributed by atoms with Crippen LogP contribution < -0.4 is 21.5 Å². The van der Waals surface area contributed by atoms with Crippen molar-refractivity contribution in [3.63, 3.8) is 0 Å². The van der Waals surface area contributed by atoms with Crippen LogP contribution in [0.15, 0.2) is 42.5 Å². The van der Waals surface area contributed by atoms with Crippen LogP contribution in [0.1, 0.15) is 18.1 Å². The number of fused-ring (bicyclic) bond motifs is 1. The molecule has 1 heterocycles. The summed E-state index contributed by atoms with van der Waals surface area (Å²) in [5.41, 5.74) is 9.36. The Kier molecular flexibility index (Phi) is 5.88. The molecule has 8 heteroatoms. The molecule has 1 aromatic heterocycles. The fraction of sp³-hybridized carbons (Fsp3) is 0.211. The maximum absolute atomic E-state index is 12.3. The van der Waals surface area contributed by atoms with E-state index in [1.165, 1.54) is 11.3 Å². The van der Waals surface area contributed by atoms with E-state index in [0.717, 1.165) is 27.0 Å². The van der Waals surface area contributed by atoms with Gasteiger partial charge in [-0.2, -0.15) is 0 Å². The maximum Gasteiger partial charge on any atom is 0.260 e. The number of benzene rings is 2. The van der Waals surface area contributed by atoms with Gasteiger partial charge in [-0.1, -0.05) is 35.6 Å². The number of thiazole rings is 1. The minimum Gasteiger partial charge on any atom is -0.350 e. The molecule has 0 saturated carbocycles. The van der Waals surface area contributed by atoms with E-state index in [9.17, 15) is 4.79 Å². The van der Waals surface area contributed by atoms with E-state index in [1.54, 1.807) is 6.92 Å². The smallest absolute Gasteiger partial charge is 0.260 e. The number of amides is 1. The highest BCUT2D eigenvalue weighted by atomic mass is 32.1. The number of carbonyl (C=O) groups is 1. The van der Waals surface area contributed by atoms with Gasteiger partial charge in [-0.3, -0.25) is 15.6 Å². The average molecular weight is 400 g/mol. The molecule has 0 spiro atoms. The van der Waals surface area contributed by atoms with E-state index in [-0.39, 0.29) is 5.91 Å². The lowest BCUT2D eigenvalue weighted by Gasteiger charge is -2.16. The number of hydrogen-bond donors (Lipinski definition) is 4. The summed E-state index contributed by atoms with van der Waals surface area (Å²) >= 11 is 6.76. The van der Waals surface area contributed by atoms with Crippen molar-refractivity contribution in [1.82, 2.24) is 15.8 Å². The van der Waals surface area contributed by atoms with E-state index in [1.807, 2.05) is 56.3 Å². The molecule has 1 amide bonds. The van der Waals surface area contributed by atoms with Crippen molar-refractivity contribution in [1.29, 1.82) is 0 Å². The van der Waals surface area contributed by atoms with Gasteiger partial charge in [-0.15, -0.1) is 0 Å². The molecule has 27 heavy (non-hydrogen) atoms. The number of thiocarbonyl (C=S) groups is 1. The van der Waals surface area contributed by atoms with Crippen LogP contribution in [0.2, 0.25) is 0 Å². The van der Waals surface area contributed by atoms with Crippen LogP contribution in [0.3, 0.4) is 0 Å². The monoisotopic (exact) mass is 399 g/mol. The van der Waals surface area contributed by atoms with Crippen molar-refractivity contribution in [3.05, 3.63) is 53.6 Å². The third-order valence-corrected chi connectivity index (χ3v) is 5.14. The minimum atomic E-state index is -0.471. The van der Waals surface area contributed by atoms with Crippen molar-refractivity contribution in [2.45, 2.75) is 26.8 Å². The molecule has 0 aliphatic rings. The Labute approximate surface area is 167 Å². The Balaban J connectivity index is 1.52. The summed E-state index contributed by atoms with van der Waals surface area (Å²) < 4.78 is 1.07. The number of carbonyl (C=O) groups excluding carboxylic acids is 1. The predicted octanol–water partition coefficient (Wildman–Crippen LogP) is 3.73. The number of anilines is 2. The number of nitrogens with one attached hydrogen (secondary N) is 4. The molecule has 0 radical (unpaired) electrons. The molecule has 3 aromatic rings. The molecule has 0 fully saturated rings. The molecule has 0 saturated heterocycles. The zero-order chi connectivity index (χ0) is 19.4. The summed E-state index contributed by atoms with van der Waals surface area (Å²) in [6, 6.07) is 13.4. The highest BCUT2D eigenvalue weighted by molar-refractivity contribution is 7.80. The van der Waals surface area contributed by atoms with Gasteiger partial charge in [0.15, 0.2) is 10.2 Å². The molecule has 3 rings (SSSR count). The highest BCUT2D eigenvalue weighted by Crippen LogP contribution is 2.25. The Morgan fingerprint density at radius 2 is 1.93 bits per heavy atom. The molecule has 4 N–H and O–H groups in total. The Morgan fingerprint density at radius 3 is 2.70 bits per heavy atom. The summed E-state index contributed by atoms with van der Waals surface area (Å²) in [6.07, 6.45) is 0. The van der Waals surface area contributed by atoms with E-state index in [4.69, 9.17) is 12.2 Å². The third-order valence-electron chi connectivity index (χ3n) is 3.97. The van der Waals surface area contributed by atoms with Crippen LogP contribution >= 0.6 is 23.6 Å². The number of hydrazine groups is 1. The number of rotatable bonds is 4. The lowest BCUT2D eigenvalue weighted by atomic mass is 10.1. The van der Waals surface area contributed by atoms with Crippen molar-refractivity contribution >= 4 is 55.6 Å². The predicted molar refractivity (Wildman–Crippen MR) is 116 cm³/mol. The summed E-state index contributed by atoms with van der Waals surface area (Å²) in [5.74, 6) is -0.237. The standard InChI is InChI=1S/C19H21N5OS2/c1-11-8-9-12(2)15(10-11)21-18(26)24-23-17(25)13(3)20-19-22-14-6-4-5-7-16(14)27-19/h4-10,13H,1-3H3,(H,20,22)(H,23,25)(H2,21,24,26)/t13-/m0/s1. The van der Waals surface area contributed by atoms with Gasteiger partial charge in [0, 0.05) is 5.69 Å². The SMILES string of the molecule is Cc1ccc(C)c(NC(=S)NNC(=O)[C@H](C)Nc2nc3ccccc3s2)c1. The van der Waals surface area contributed by atoms with Crippen molar-refractivity contribution in [2.75, 3.05) is 10.6 Å². The number of aromatic nitrogens is 1. The Hall–Kier alpha value is -2.71. The van der Waals surface area contributed by atoms with E-state index in [0.29, 0.717) is 10.2 Å². The zero-order valence-electron chi connectivity index (χ0n) is 15.3. The molecular weight excluding hydrogens is 378 g/mol. The second-order valence-electron chi connectivity index (χ2n) is 6.24. The number of hydrogen-bond acceptors (Lipinski definition) is 5. The summed E-state index contributed by atoms with van der Waals surface area (Å²) in [6.45, 7) is 5.77. The third kappa shape index (κ3) is 4.93. The zero-order valence-corrected chi connectivity index (χ0v) is 16.9. The van der Waals surface area contributed by atoms with Crippen LogP contribution in [-0.2, 0) is 4.79 Å². The van der Waals surface area contributed by atoms with Gasteiger partial charge in [-0.25, -0.2) is 4.98 Å². The fourth-order valence-corrected chi connectivity index (χ4v) is 3.55. The summed E-state index contributed by atoms with van der Waals surface area (Å²) in [5, 5.41) is 7.23. The van der Waals surface area contributed by atoms with Crippen molar-refractivity contribution < 1.29 is 4.79 Å². The lowest BCUT2D eigenvalue weighted by Crippen LogP contribution is -2.49. The summed E-state index contributed by atoms with van der Waals surface area (Å²) in [7, 11) is 0. The number of para-hydroxylation sites is 1. The second kappa shape index (κ2) is 8.32. The molecule has 0 aliphatic carbocycles. The molecule has 6 nitrogen and oxygen atoms in total. The number of nitrogens with zero attached hydrogens (tertiary/aromatic N) is 1. The Morgan fingerprint density at radius 1 is 1.15 bits per heavy atom. The van der Waals surface area contributed by atoms with Crippen molar-refractivity contribution in [2.24, 2.45) is 0 Å². The van der Waals surface area contributed by atoms with Crippen LogP contribution in [0, 0.1) is 13.8 Å². The minimum absolute atomic E-state index is 0.237. The Bertz CT molecular complexity index is 952. The largest absolute Gasteiger partial charge is 0.350 e. The van der Waals surface area contributed by atoms with Gasteiger partial charge < -0.3 is 10.6 Å². The van der Waals surface area contributed by atoms with Gasteiger partial charge in [0.1, 0.15) is 6.04 Å². The second-order valence-corrected chi connectivity index (χ2v) is 7.68. The molecule has 0 unspecified atom stereocenters. The van der Waals surface area contributed by atoms with Crippen LogP contribution in [-0.4, -0.2) is 22.0 Å². The van der Waals surface area contributed by atoms with Gasteiger partial charge in [0.2, 0.25) is 0 Å². The first-order valence-electron chi connectivity index (χ1n) is 8.48. The fourth-order valence-electron chi connectivity index (χ4n) is 2.44. The first kappa shape index (κ1) is 19.1. The molecular formula is C19H21N5OS2. The van der Waals surface area contributed by atoms with Crippen molar-refractivity contribution in [3.8, 4) is 0 Å². The van der Waals surface area contributed by atoms with E-state index >= 15 is 0 Å². The molecule has 140 valence electrons. The first-order valence-corrected chi connectivity index (χ1v) is 9.71. The normalized spacial score (nSPS) is 11.7. The quantitative estimate of drug-likeness (QED) is 0.396. The molecule has 0 bridgehead atoms.